The number of unbranched alkanes of at least 4 members (excludes halogenated alkanes) is 46. The first-order valence-corrected chi connectivity index (χ1v) is 32.8. The van der Waals surface area contributed by atoms with Crippen LogP contribution in [0.5, 0.6) is 0 Å². The Balaban J connectivity index is 3.90. The monoisotopic (exact) mass is 1030 g/mol. The minimum atomic E-state index is -0.773. The van der Waals surface area contributed by atoms with E-state index in [1.807, 2.05) is 0 Å². The molecule has 0 aromatic heterocycles. The average Bonchev–Trinajstić information content (AvgIpc) is 3.39. The number of rotatable bonds is 61. The molecule has 1 unspecified atom stereocenters. The van der Waals surface area contributed by atoms with Crippen molar-refractivity contribution in [3.63, 3.8) is 0 Å². The summed E-state index contributed by atoms with van der Waals surface area (Å²) in [5.74, 6) is -0.872. The molecule has 430 valence electrons. The molecule has 0 saturated carbocycles. The van der Waals surface area contributed by atoms with E-state index in [0.717, 1.165) is 89.9 Å². The Morgan fingerprint density at radius 2 is 0.521 bits per heavy atom. The van der Waals surface area contributed by atoms with Crippen LogP contribution in [-0.2, 0) is 28.6 Å². The number of allylic oxidation sites excluding steroid dienone is 4. The van der Waals surface area contributed by atoms with Gasteiger partial charge in [0.2, 0.25) is 0 Å². The van der Waals surface area contributed by atoms with Crippen molar-refractivity contribution in [3.8, 4) is 0 Å². The first-order chi connectivity index (χ1) is 36.0. The molecule has 0 amide bonds. The van der Waals surface area contributed by atoms with Crippen LogP contribution in [0.4, 0.5) is 0 Å². The quantitative estimate of drug-likeness (QED) is 0.0261. The van der Waals surface area contributed by atoms with Gasteiger partial charge in [0.1, 0.15) is 13.2 Å². The molecule has 0 saturated heterocycles. The van der Waals surface area contributed by atoms with Gasteiger partial charge >= 0.3 is 17.9 Å². The van der Waals surface area contributed by atoms with Gasteiger partial charge in [0, 0.05) is 19.3 Å². The normalized spacial score (nSPS) is 12.1. The molecule has 0 bridgehead atoms. The fourth-order valence-electron chi connectivity index (χ4n) is 10.0. The number of hydrogen-bond acceptors (Lipinski definition) is 6. The SMILES string of the molecule is CCC/C=C\C/C=C\CCCCCCCC(=O)OC(COC(=O)CCCCCCCCCC)COC(=O)CCCCCCCCCCCCCCCCCCCCCCCCCCCCCCCCCCCC. The van der Waals surface area contributed by atoms with E-state index in [0.29, 0.717) is 19.3 Å². The summed E-state index contributed by atoms with van der Waals surface area (Å²) in [4.78, 5) is 38.0. The second-order valence-corrected chi connectivity index (χ2v) is 22.4. The van der Waals surface area contributed by atoms with Crippen molar-refractivity contribution < 1.29 is 28.6 Å². The van der Waals surface area contributed by atoms with Gasteiger partial charge in [-0.15, -0.1) is 0 Å². The molecule has 0 fully saturated rings. The predicted octanol–water partition coefficient (Wildman–Crippen LogP) is 22.2. The fourth-order valence-corrected chi connectivity index (χ4v) is 10.0. The minimum absolute atomic E-state index is 0.0722. The van der Waals surface area contributed by atoms with Gasteiger partial charge in [-0.1, -0.05) is 328 Å². The van der Waals surface area contributed by atoms with E-state index in [2.05, 4.69) is 45.1 Å². The molecule has 0 N–H and O–H groups in total. The third-order valence-electron chi connectivity index (χ3n) is 14.9. The second-order valence-electron chi connectivity index (χ2n) is 22.4. The van der Waals surface area contributed by atoms with Crippen molar-refractivity contribution in [3.05, 3.63) is 24.3 Å². The molecule has 0 radical (unpaired) electrons. The lowest BCUT2D eigenvalue weighted by Crippen LogP contribution is -2.30. The lowest BCUT2D eigenvalue weighted by molar-refractivity contribution is -0.167. The van der Waals surface area contributed by atoms with Crippen molar-refractivity contribution in [1.29, 1.82) is 0 Å². The van der Waals surface area contributed by atoms with Gasteiger partial charge in [-0.2, -0.15) is 0 Å². The van der Waals surface area contributed by atoms with Gasteiger partial charge in [-0.05, 0) is 44.9 Å². The Labute approximate surface area is 455 Å². The number of carbonyl (C=O) groups excluding carboxylic acids is 3. The number of esters is 3. The van der Waals surface area contributed by atoms with E-state index in [1.54, 1.807) is 0 Å². The summed E-state index contributed by atoms with van der Waals surface area (Å²) in [5.41, 5.74) is 0. The van der Waals surface area contributed by atoms with Crippen molar-refractivity contribution in [2.45, 2.75) is 374 Å². The summed E-state index contributed by atoms with van der Waals surface area (Å²) in [6, 6.07) is 0. The summed E-state index contributed by atoms with van der Waals surface area (Å²) in [7, 11) is 0. The maximum absolute atomic E-state index is 12.8. The standard InChI is InChI=1S/C67H126O6/c1-4-7-10-13-16-19-21-23-24-25-26-27-28-29-30-31-32-33-34-35-36-37-38-39-40-41-42-43-45-46-48-51-54-57-60-66(69)72-63-64(62-71-65(68)59-56-53-50-18-15-12-9-6-3)73-67(70)61-58-55-52-49-47-44-22-20-17-14-11-8-5-2/h11,14,20,22,64H,4-10,12-13,15-19,21,23-63H2,1-3H3/b14-11-,22-20-. The first kappa shape index (κ1) is 70.9. The largest absolute Gasteiger partial charge is 0.462 e. The van der Waals surface area contributed by atoms with Crippen LogP contribution in [0.2, 0.25) is 0 Å². The zero-order chi connectivity index (χ0) is 52.9. The average molecular weight is 1030 g/mol. The Morgan fingerprint density at radius 1 is 0.274 bits per heavy atom. The van der Waals surface area contributed by atoms with Crippen LogP contribution in [0.3, 0.4) is 0 Å². The van der Waals surface area contributed by atoms with E-state index < -0.39 is 6.10 Å². The van der Waals surface area contributed by atoms with Crippen LogP contribution in [0.1, 0.15) is 367 Å². The second kappa shape index (κ2) is 62.4. The van der Waals surface area contributed by atoms with E-state index >= 15 is 0 Å². The van der Waals surface area contributed by atoms with E-state index in [4.69, 9.17) is 14.2 Å². The molecule has 73 heavy (non-hydrogen) atoms. The summed E-state index contributed by atoms with van der Waals surface area (Å²) < 4.78 is 16.8. The van der Waals surface area contributed by atoms with E-state index in [9.17, 15) is 14.4 Å². The summed E-state index contributed by atoms with van der Waals surface area (Å²) >= 11 is 0. The van der Waals surface area contributed by atoms with Gasteiger partial charge in [0.05, 0.1) is 0 Å². The maximum atomic E-state index is 12.8. The van der Waals surface area contributed by atoms with Crippen LogP contribution < -0.4 is 0 Å². The van der Waals surface area contributed by atoms with Crippen molar-refractivity contribution in [2.75, 3.05) is 13.2 Å². The molecule has 0 spiro atoms. The molecule has 0 aromatic carbocycles. The predicted molar refractivity (Wildman–Crippen MR) is 316 cm³/mol. The molecular weight excluding hydrogens is 901 g/mol. The fraction of sp³-hybridized carbons (Fsp3) is 0.896. The molecule has 1 atom stereocenters. The number of ether oxygens (including phenoxy) is 3. The van der Waals surface area contributed by atoms with Crippen molar-refractivity contribution >= 4 is 17.9 Å². The lowest BCUT2D eigenvalue weighted by Gasteiger charge is -2.18. The van der Waals surface area contributed by atoms with Crippen molar-refractivity contribution in [1.82, 2.24) is 0 Å². The zero-order valence-corrected chi connectivity index (χ0v) is 49.4. The van der Waals surface area contributed by atoms with Crippen LogP contribution in [-0.4, -0.2) is 37.2 Å². The molecule has 0 aliphatic rings. The highest BCUT2D eigenvalue weighted by Crippen LogP contribution is 2.18. The smallest absolute Gasteiger partial charge is 0.306 e. The first-order valence-electron chi connectivity index (χ1n) is 32.8. The maximum Gasteiger partial charge on any atom is 0.306 e. The Kier molecular flexibility index (Phi) is 60.6. The van der Waals surface area contributed by atoms with Gasteiger partial charge in [-0.3, -0.25) is 14.4 Å². The Hall–Kier alpha value is -2.11. The third kappa shape index (κ3) is 60.6. The van der Waals surface area contributed by atoms with Gasteiger partial charge in [0.25, 0.3) is 0 Å². The van der Waals surface area contributed by atoms with Gasteiger partial charge in [0.15, 0.2) is 6.10 Å². The van der Waals surface area contributed by atoms with E-state index in [-0.39, 0.29) is 31.1 Å². The Bertz CT molecular complexity index is 1180. The highest BCUT2D eigenvalue weighted by atomic mass is 16.6. The van der Waals surface area contributed by atoms with Crippen LogP contribution >= 0.6 is 0 Å². The summed E-state index contributed by atoms with van der Waals surface area (Å²) in [6.45, 7) is 6.59. The molecule has 0 heterocycles. The van der Waals surface area contributed by atoms with Crippen LogP contribution in [0, 0.1) is 0 Å². The number of hydrogen-bond donors (Lipinski definition) is 0. The lowest BCUT2D eigenvalue weighted by atomic mass is 10.0. The van der Waals surface area contributed by atoms with Crippen LogP contribution in [0.25, 0.3) is 0 Å². The van der Waals surface area contributed by atoms with Gasteiger partial charge < -0.3 is 14.2 Å². The molecule has 0 rings (SSSR count). The molecule has 6 heteroatoms. The topological polar surface area (TPSA) is 78.9 Å². The molecule has 6 nitrogen and oxygen atoms in total. The molecule has 0 aromatic rings. The van der Waals surface area contributed by atoms with Gasteiger partial charge in [-0.25, -0.2) is 0 Å². The highest BCUT2D eigenvalue weighted by Gasteiger charge is 2.19. The van der Waals surface area contributed by atoms with Crippen molar-refractivity contribution in [2.24, 2.45) is 0 Å². The summed E-state index contributed by atoms with van der Waals surface area (Å²) in [5, 5.41) is 0. The highest BCUT2D eigenvalue weighted by molar-refractivity contribution is 5.71. The summed E-state index contributed by atoms with van der Waals surface area (Å²) in [6.07, 6.45) is 75.3. The molecule has 0 aliphatic heterocycles. The zero-order valence-electron chi connectivity index (χ0n) is 49.4. The molecule has 0 aliphatic carbocycles. The molecular formula is C67H126O6. The number of carbonyl (C=O) groups is 3. The third-order valence-corrected chi connectivity index (χ3v) is 14.9. The van der Waals surface area contributed by atoms with E-state index in [1.165, 1.54) is 238 Å². The Morgan fingerprint density at radius 3 is 0.808 bits per heavy atom. The minimum Gasteiger partial charge on any atom is -0.462 e. The van der Waals surface area contributed by atoms with Crippen LogP contribution in [0.15, 0.2) is 24.3 Å².